The summed E-state index contributed by atoms with van der Waals surface area (Å²) in [4.78, 5) is 16.2. The fourth-order valence-electron chi connectivity index (χ4n) is 3.82. The van der Waals surface area contributed by atoms with Gasteiger partial charge in [-0.1, -0.05) is 24.3 Å². The lowest BCUT2D eigenvalue weighted by atomic mass is 10.00. The molecule has 2 heterocycles. The summed E-state index contributed by atoms with van der Waals surface area (Å²) in [6.07, 6.45) is 2.13. The Morgan fingerprint density at radius 1 is 1.14 bits per heavy atom. The smallest absolute Gasteiger partial charge is 0.317 e. The van der Waals surface area contributed by atoms with Crippen LogP contribution in [0.25, 0.3) is 0 Å². The number of nitrogens with one attached hydrogen (secondary N) is 1. The lowest BCUT2D eigenvalue weighted by Crippen LogP contribution is -2.47. The molecule has 9 heteroatoms. The number of hydrogen-bond acceptors (Lipinski definition) is 5. The third-order valence-electron chi connectivity index (χ3n) is 5.38. The van der Waals surface area contributed by atoms with Crippen LogP contribution < -0.4 is 5.32 Å². The number of carbonyl (C=O) groups excluding carboxylic acids is 1. The van der Waals surface area contributed by atoms with E-state index in [1.165, 1.54) is 21.7 Å². The molecule has 2 amide bonds. The Hall–Kier alpha value is -1.68. The number of rotatable bonds is 5. The second kappa shape index (κ2) is 9.21. The predicted octanol–water partition coefficient (Wildman–Crippen LogP) is 0.0825. The van der Waals surface area contributed by atoms with E-state index >= 15 is 0 Å². The zero-order valence-corrected chi connectivity index (χ0v) is 17.2. The maximum Gasteiger partial charge on any atom is 0.317 e. The van der Waals surface area contributed by atoms with Gasteiger partial charge in [-0.2, -0.15) is 0 Å². The van der Waals surface area contributed by atoms with Crippen molar-refractivity contribution < 1.29 is 18.3 Å². The van der Waals surface area contributed by atoms with Crippen LogP contribution in [0.15, 0.2) is 24.3 Å². The van der Waals surface area contributed by atoms with Crippen LogP contribution >= 0.6 is 0 Å². The monoisotopic (exact) mass is 410 g/mol. The van der Waals surface area contributed by atoms with Crippen molar-refractivity contribution in [2.24, 2.45) is 0 Å². The molecule has 0 saturated carbocycles. The Balaban J connectivity index is 1.42. The number of carbonyl (C=O) groups is 1. The van der Waals surface area contributed by atoms with Crippen molar-refractivity contribution in [1.29, 1.82) is 0 Å². The van der Waals surface area contributed by atoms with E-state index in [-0.39, 0.29) is 12.6 Å². The number of hydrogen-bond donors (Lipinski definition) is 2. The molecule has 1 saturated heterocycles. The third-order valence-corrected chi connectivity index (χ3v) is 6.68. The molecule has 2 N–H and O–H groups in total. The first-order valence-corrected chi connectivity index (χ1v) is 11.6. The molecular weight excluding hydrogens is 380 g/mol. The van der Waals surface area contributed by atoms with Crippen molar-refractivity contribution in [3.8, 4) is 0 Å². The van der Waals surface area contributed by atoms with Gasteiger partial charge in [0.15, 0.2) is 0 Å². The minimum atomic E-state index is -3.23. The number of nitrogens with zero attached hydrogens (tertiary/aromatic N) is 3. The van der Waals surface area contributed by atoms with Crippen LogP contribution in [0.2, 0.25) is 0 Å². The molecule has 1 aromatic carbocycles. The number of urea groups is 1. The summed E-state index contributed by atoms with van der Waals surface area (Å²) in [7, 11) is -3.23. The molecule has 0 radical (unpaired) electrons. The SMILES string of the molecule is CS(=O)(=O)N1CCCN(C(=O)NC[C@@H](O)CN2CCc3ccccc3C2)CC1. The van der Waals surface area contributed by atoms with E-state index in [4.69, 9.17) is 0 Å². The van der Waals surface area contributed by atoms with Gasteiger partial charge in [0.05, 0.1) is 12.4 Å². The van der Waals surface area contributed by atoms with Crippen LogP contribution in [0.3, 0.4) is 0 Å². The molecule has 0 aromatic heterocycles. The quantitative estimate of drug-likeness (QED) is 0.717. The van der Waals surface area contributed by atoms with Crippen LogP contribution in [0.4, 0.5) is 4.79 Å². The maximum atomic E-state index is 12.4. The largest absolute Gasteiger partial charge is 0.390 e. The standard InChI is InChI=1S/C19H30N4O4S/c1-28(26,27)23-9-4-8-22(11-12-23)19(25)20-13-18(24)15-21-10-7-16-5-2-3-6-17(16)14-21/h2-3,5-6,18,24H,4,7-15H2,1H3,(H,20,25)/t18-/m1/s1. The van der Waals surface area contributed by atoms with E-state index in [1.54, 1.807) is 4.90 Å². The van der Waals surface area contributed by atoms with Gasteiger partial charge >= 0.3 is 6.03 Å². The molecular formula is C19H30N4O4S. The zero-order valence-electron chi connectivity index (χ0n) is 16.4. The Morgan fingerprint density at radius 2 is 1.89 bits per heavy atom. The van der Waals surface area contributed by atoms with Crippen molar-refractivity contribution in [3.63, 3.8) is 0 Å². The van der Waals surface area contributed by atoms with Crippen molar-refractivity contribution >= 4 is 16.1 Å². The number of aliphatic hydroxyl groups excluding tert-OH is 1. The number of sulfonamides is 1. The second-order valence-corrected chi connectivity index (χ2v) is 9.58. The molecule has 0 aliphatic carbocycles. The van der Waals surface area contributed by atoms with Gasteiger partial charge in [0, 0.05) is 52.4 Å². The van der Waals surface area contributed by atoms with Gasteiger partial charge in [-0.15, -0.1) is 0 Å². The summed E-state index contributed by atoms with van der Waals surface area (Å²) >= 11 is 0. The summed E-state index contributed by atoms with van der Waals surface area (Å²) in [5.41, 5.74) is 2.66. The van der Waals surface area contributed by atoms with E-state index in [9.17, 15) is 18.3 Å². The lowest BCUT2D eigenvalue weighted by Gasteiger charge is -2.30. The number of aliphatic hydroxyl groups is 1. The number of benzene rings is 1. The fraction of sp³-hybridized carbons (Fsp3) is 0.632. The van der Waals surface area contributed by atoms with Crippen LogP contribution in [0.1, 0.15) is 17.5 Å². The van der Waals surface area contributed by atoms with Crippen molar-refractivity contribution in [1.82, 2.24) is 19.4 Å². The molecule has 0 spiro atoms. The summed E-state index contributed by atoms with van der Waals surface area (Å²) in [6.45, 7) is 4.02. The first-order chi connectivity index (χ1) is 13.3. The topological polar surface area (TPSA) is 93.2 Å². The number of fused-ring (bicyclic) bond motifs is 1. The Bertz CT molecular complexity index is 786. The Morgan fingerprint density at radius 3 is 2.64 bits per heavy atom. The second-order valence-electron chi connectivity index (χ2n) is 7.60. The summed E-state index contributed by atoms with van der Waals surface area (Å²) in [5.74, 6) is 0. The van der Waals surface area contributed by atoms with Gasteiger partial charge in [-0.05, 0) is 24.0 Å². The highest BCUT2D eigenvalue weighted by atomic mass is 32.2. The molecule has 2 aliphatic heterocycles. The van der Waals surface area contributed by atoms with Crippen LogP contribution in [0.5, 0.6) is 0 Å². The molecule has 0 bridgehead atoms. The first kappa shape index (κ1) is 21.0. The fourth-order valence-corrected chi connectivity index (χ4v) is 4.69. The number of β-amino-alcohol motifs (C(OH)–C–C–N with tert-alkyl or cyclic N) is 1. The first-order valence-electron chi connectivity index (χ1n) is 9.78. The van der Waals surface area contributed by atoms with E-state index in [1.807, 2.05) is 6.07 Å². The lowest BCUT2D eigenvalue weighted by molar-refractivity contribution is 0.103. The zero-order chi connectivity index (χ0) is 20.1. The predicted molar refractivity (Wildman–Crippen MR) is 107 cm³/mol. The van der Waals surface area contributed by atoms with Crippen molar-refractivity contribution in [3.05, 3.63) is 35.4 Å². The van der Waals surface area contributed by atoms with Crippen LogP contribution in [0, 0.1) is 0 Å². The molecule has 156 valence electrons. The average molecular weight is 411 g/mol. The van der Waals surface area contributed by atoms with Crippen molar-refractivity contribution in [2.75, 3.05) is 52.1 Å². The highest BCUT2D eigenvalue weighted by Crippen LogP contribution is 2.18. The van der Waals surface area contributed by atoms with Gasteiger partial charge in [-0.3, -0.25) is 4.90 Å². The molecule has 8 nitrogen and oxygen atoms in total. The van der Waals surface area contributed by atoms with E-state index in [2.05, 4.69) is 28.4 Å². The molecule has 1 atom stereocenters. The highest BCUT2D eigenvalue weighted by molar-refractivity contribution is 7.88. The molecule has 3 rings (SSSR count). The van der Waals surface area contributed by atoms with Crippen LogP contribution in [-0.2, 0) is 23.0 Å². The molecule has 1 fully saturated rings. The molecule has 2 aliphatic rings. The minimum absolute atomic E-state index is 0.184. The van der Waals surface area contributed by atoms with Gasteiger partial charge in [0.1, 0.15) is 0 Å². The van der Waals surface area contributed by atoms with Crippen LogP contribution in [-0.4, -0.2) is 91.8 Å². The Kier molecular flexibility index (Phi) is 6.92. The van der Waals surface area contributed by atoms with E-state index < -0.39 is 16.1 Å². The molecule has 1 aromatic rings. The summed E-state index contributed by atoms with van der Waals surface area (Å²) in [6, 6.07) is 8.10. The van der Waals surface area contributed by atoms with E-state index in [0.717, 1.165) is 19.5 Å². The van der Waals surface area contributed by atoms with Gasteiger partial charge < -0.3 is 15.3 Å². The summed E-state index contributed by atoms with van der Waals surface area (Å²) in [5, 5.41) is 13.1. The Labute approximate surface area is 167 Å². The summed E-state index contributed by atoms with van der Waals surface area (Å²) < 4.78 is 24.7. The maximum absolute atomic E-state index is 12.4. The van der Waals surface area contributed by atoms with Gasteiger partial charge in [0.25, 0.3) is 0 Å². The average Bonchev–Trinajstić information content (AvgIpc) is 2.92. The van der Waals surface area contributed by atoms with Gasteiger partial charge in [0.2, 0.25) is 10.0 Å². The van der Waals surface area contributed by atoms with Crippen molar-refractivity contribution in [2.45, 2.75) is 25.5 Å². The molecule has 0 unspecified atom stereocenters. The molecule has 28 heavy (non-hydrogen) atoms. The van der Waals surface area contributed by atoms with E-state index in [0.29, 0.717) is 39.1 Å². The normalized spacial score (nSPS) is 20.3. The van der Waals surface area contributed by atoms with Gasteiger partial charge in [-0.25, -0.2) is 17.5 Å². The highest BCUT2D eigenvalue weighted by Gasteiger charge is 2.24. The number of amides is 2. The third kappa shape index (κ3) is 5.66. The minimum Gasteiger partial charge on any atom is -0.390 e.